The number of nitrogens with zero attached hydrogens (tertiary/aromatic N) is 1. The van der Waals surface area contributed by atoms with E-state index in [4.69, 9.17) is 0 Å². The molecule has 0 fully saturated rings. The second-order valence-corrected chi connectivity index (χ2v) is 3.72. The van der Waals surface area contributed by atoms with E-state index in [1.54, 1.807) is 0 Å². The lowest BCUT2D eigenvalue weighted by molar-refractivity contribution is -0.117. The largest absolute Gasteiger partial charge is 0.376 e. The number of carbonyl (C=O) groups is 1. The molecule has 1 aromatic carbocycles. The Hall–Kier alpha value is -1.35. The first-order chi connectivity index (χ1) is 7.65. The van der Waals surface area contributed by atoms with Crippen LogP contribution in [-0.2, 0) is 17.6 Å². The maximum atomic E-state index is 11.5. The third kappa shape index (κ3) is 2.42. The summed E-state index contributed by atoms with van der Waals surface area (Å²) >= 11 is 0. The zero-order chi connectivity index (χ0) is 12.1. The molecule has 0 unspecified atom stereocenters. The molecule has 0 aliphatic carbocycles. The second kappa shape index (κ2) is 5.66. The van der Waals surface area contributed by atoms with Gasteiger partial charge in [0.15, 0.2) is 0 Å². The third-order valence-corrected chi connectivity index (χ3v) is 2.76. The fraction of sp³-hybridized carbons (Fsp3) is 0.462. The first kappa shape index (κ1) is 12.7. The van der Waals surface area contributed by atoms with E-state index >= 15 is 0 Å². The molecule has 0 saturated carbocycles. The minimum absolute atomic E-state index is 0.127. The molecule has 0 radical (unpaired) electrons. The summed E-state index contributed by atoms with van der Waals surface area (Å²) in [5.74, 6) is -0.127. The number of anilines is 1. The summed E-state index contributed by atoms with van der Waals surface area (Å²) < 4.78 is 0. The van der Waals surface area contributed by atoms with Crippen molar-refractivity contribution >= 4 is 11.6 Å². The molecule has 16 heavy (non-hydrogen) atoms. The summed E-state index contributed by atoms with van der Waals surface area (Å²) in [7, 11) is 0. The number of amides is 1. The Kier molecular flexibility index (Phi) is 4.50. The van der Waals surface area contributed by atoms with Gasteiger partial charge in [0.2, 0.25) is 5.91 Å². The van der Waals surface area contributed by atoms with Crippen LogP contribution in [0.5, 0.6) is 0 Å². The van der Waals surface area contributed by atoms with Crippen LogP contribution in [0.3, 0.4) is 0 Å². The van der Waals surface area contributed by atoms with Gasteiger partial charge in [-0.05, 0) is 24.0 Å². The number of aliphatic hydroxyl groups excluding tert-OH is 1. The van der Waals surface area contributed by atoms with Crippen molar-refractivity contribution in [2.75, 3.05) is 11.6 Å². The molecule has 1 rings (SSSR count). The Morgan fingerprint density at radius 1 is 1.25 bits per heavy atom. The standard InChI is InChI=1S/C13H19NO2/c1-4-11-7-6-8-12(5-2)13(11)14(9-15)10(3)16/h6-8,15H,4-5,9H2,1-3H3. The number of hydrogen-bond donors (Lipinski definition) is 1. The molecule has 3 nitrogen and oxygen atoms in total. The van der Waals surface area contributed by atoms with E-state index in [2.05, 4.69) is 0 Å². The minimum atomic E-state index is -0.265. The molecule has 0 aromatic heterocycles. The second-order valence-electron chi connectivity index (χ2n) is 3.72. The van der Waals surface area contributed by atoms with Crippen LogP contribution in [-0.4, -0.2) is 17.7 Å². The van der Waals surface area contributed by atoms with Crippen LogP contribution in [0, 0.1) is 0 Å². The van der Waals surface area contributed by atoms with Gasteiger partial charge in [-0.25, -0.2) is 0 Å². The van der Waals surface area contributed by atoms with Crippen LogP contribution in [0.4, 0.5) is 5.69 Å². The smallest absolute Gasteiger partial charge is 0.225 e. The molecule has 0 bridgehead atoms. The van der Waals surface area contributed by atoms with Gasteiger partial charge >= 0.3 is 0 Å². The van der Waals surface area contributed by atoms with Crippen molar-refractivity contribution in [2.24, 2.45) is 0 Å². The first-order valence-electron chi connectivity index (χ1n) is 5.65. The van der Waals surface area contributed by atoms with Crippen molar-refractivity contribution < 1.29 is 9.90 Å². The number of rotatable bonds is 4. The lowest BCUT2D eigenvalue weighted by Crippen LogP contribution is -2.31. The quantitative estimate of drug-likeness (QED) is 0.791. The number of benzene rings is 1. The van der Waals surface area contributed by atoms with Gasteiger partial charge in [0.1, 0.15) is 6.73 Å². The first-order valence-corrected chi connectivity index (χ1v) is 5.65. The number of aryl methyl sites for hydroxylation is 2. The molecular weight excluding hydrogens is 202 g/mol. The Balaban J connectivity index is 3.31. The molecule has 1 aromatic rings. The van der Waals surface area contributed by atoms with Gasteiger partial charge in [-0.1, -0.05) is 32.0 Å². The minimum Gasteiger partial charge on any atom is -0.376 e. The van der Waals surface area contributed by atoms with Crippen LogP contribution in [0.2, 0.25) is 0 Å². The van der Waals surface area contributed by atoms with Gasteiger partial charge in [0.25, 0.3) is 0 Å². The number of para-hydroxylation sites is 1. The molecule has 1 N–H and O–H groups in total. The zero-order valence-corrected chi connectivity index (χ0v) is 10.2. The van der Waals surface area contributed by atoms with Gasteiger partial charge in [-0.3, -0.25) is 9.69 Å². The summed E-state index contributed by atoms with van der Waals surface area (Å²) in [4.78, 5) is 12.9. The number of carbonyl (C=O) groups excluding carboxylic acids is 1. The van der Waals surface area contributed by atoms with Gasteiger partial charge in [-0.2, -0.15) is 0 Å². The Labute approximate surface area is 96.7 Å². The molecular formula is C13H19NO2. The lowest BCUT2D eigenvalue weighted by atomic mass is 10.0. The van der Waals surface area contributed by atoms with E-state index < -0.39 is 0 Å². The summed E-state index contributed by atoms with van der Waals surface area (Å²) in [6.07, 6.45) is 1.71. The molecule has 0 saturated heterocycles. The molecule has 1 amide bonds. The predicted molar refractivity (Wildman–Crippen MR) is 65.4 cm³/mol. The van der Waals surface area contributed by atoms with Gasteiger partial charge < -0.3 is 5.11 Å². The maximum Gasteiger partial charge on any atom is 0.225 e. The highest BCUT2D eigenvalue weighted by atomic mass is 16.3. The summed E-state index contributed by atoms with van der Waals surface area (Å²) in [6.45, 7) is 5.31. The maximum absolute atomic E-state index is 11.5. The van der Waals surface area contributed by atoms with E-state index in [-0.39, 0.29) is 12.6 Å². The van der Waals surface area contributed by atoms with E-state index in [0.717, 1.165) is 29.7 Å². The average Bonchev–Trinajstić information content (AvgIpc) is 2.29. The van der Waals surface area contributed by atoms with Crippen LogP contribution >= 0.6 is 0 Å². The van der Waals surface area contributed by atoms with Gasteiger partial charge in [-0.15, -0.1) is 0 Å². The SMILES string of the molecule is CCc1cccc(CC)c1N(CO)C(C)=O. The Morgan fingerprint density at radius 3 is 2.06 bits per heavy atom. The monoisotopic (exact) mass is 221 g/mol. The van der Waals surface area contributed by atoms with Crippen molar-refractivity contribution in [3.05, 3.63) is 29.3 Å². The Morgan fingerprint density at radius 2 is 1.75 bits per heavy atom. The molecule has 0 atom stereocenters. The highest BCUT2D eigenvalue weighted by Crippen LogP contribution is 2.26. The highest BCUT2D eigenvalue weighted by Gasteiger charge is 2.16. The van der Waals surface area contributed by atoms with E-state index in [9.17, 15) is 9.90 Å². The topological polar surface area (TPSA) is 40.5 Å². The van der Waals surface area contributed by atoms with Crippen LogP contribution in [0.15, 0.2) is 18.2 Å². The lowest BCUT2D eigenvalue weighted by Gasteiger charge is -2.24. The van der Waals surface area contributed by atoms with E-state index in [1.807, 2.05) is 32.0 Å². The average molecular weight is 221 g/mol. The van der Waals surface area contributed by atoms with Crippen molar-refractivity contribution in [1.82, 2.24) is 0 Å². The van der Waals surface area contributed by atoms with Crippen molar-refractivity contribution in [3.8, 4) is 0 Å². The van der Waals surface area contributed by atoms with Crippen molar-refractivity contribution in [2.45, 2.75) is 33.6 Å². The highest BCUT2D eigenvalue weighted by molar-refractivity contribution is 5.93. The van der Waals surface area contributed by atoms with Crippen molar-refractivity contribution in [1.29, 1.82) is 0 Å². The Bertz CT molecular complexity index is 352. The molecule has 0 heterocycles. The van der Waals surface area contributed by atoms with Crippen molar-refractivity contribution in [3.63, 3.8) is 0 Å². The number of hydrogen-bond acceptors (Lipinski definition) is 2. The summed E-state index contributed by atoms with van der Waals surface area (Å²) in [6, 6.07) is 6.00. The molecule has 0 aliphatic rings. The molecule has 3 heteroatoms. The van der Waals surface area contributed by atoms with Crippen LogP contribution in [0.1, 0.15) is 31.9 Å². The predicted octanol–water partition coefficient (Wildman–Crippen LogP) is 2.11. The van der Waals surface area contributed by atoms with Gasteiger partial charge in [0, 0.05) is 6.92 Å². The summed E-state index contributed by atoms with van der Waals surface area (Å²) in [5, 5.41) is 9.29. The van der Waals surface area contributed by atoms with E-state index in [0.29, 0.717) is 0 Å². The number of aliphatic hydroxyl groups is 1. The molecule has 88 valence electrons. The van der Waals surface area contributed by atoms with E-state index in [1.165, 1.54) is 11.8 Å². The molecule has 0 aliphatic heterocycles. The van der Waals surface area contributed by atoms with Gasteiger partial charge in [0.05, 0.1) is 5.69 Å². The zero-order valence-electron chi connectivity index (χ0n) is 10.2. The fourth-order valence-electron chi connectivity index (χ4n) is 1.89. The van der Waals surface area contributed by atoms with Crippen LogP contribution in [0.25, 0.3) is 0 Å². The van der Waals surface area contributed by atoms with Crippen LogP contribution < -0.4 is 4.90 Å². The fourth-order valence-corrected chi connectivity index (χ4v) is 1.89. The normalized spacial score (nSPS) is 10.2. The molecule has 0 spiro atoms. The third-order valence-electron chi connectivity index (χ3n) is 2.76. The summed E-state index contributed by atoms with van der Waals surface area (Å²) in [5.41, 5.74) is 3.08.